The highest BCUT2D eigenvalue weighted by atomic mass is 16.3. The molecule has 5 rings (SSSR count). The number of hydrogen-bond donors (Lipinski definition) is 2. The molecule has 4 aromatic rings. The van der Waals surface area contributed by atoms with Gasteiger partial charge in [-0.1, -0.05) is 30.3 Å². The lowest BCUT2D eigenvalue weighted by molar-refractivity contribution is 0.0546. The molecule has 0 aliphatic carbocycles. The lowest BCUT2D eigenvalue weighted by Crippen LogP contribution is -2.46. The Morgan fingerprint density at radius 2 is 1.59 bits per heavy atom. The summed E-state index contributed by atoms with van der Waals surface area (Å²) in [6, 6.07) is 21.9. The van der Waals surface area contributed by atoms with E-state index in [1.807, 2.05) is 76.2 Å². The van der Waals surface area contributed by atoms with E-state index in [4.69, 9.17) is 4.98 Å². The molecule has 0 spiro atoms. The first-order valence-electron chi connectivity index (χ1n) is 14.9. The van der Waals surface area contributed by atoms with Crippen LogP contribution >= 0.6 is 0 Å². The molecule has 0 atom stereocenters. The number of piperidine rings is 1. The number of aliphatic hydroxyl groups is 1. The minimum absolute atomic E-state index is 0.0788. The first-order chi connectivity index (χ1) is 20.9. The van der Waals surface area contributed by atoms with Crippen LogP contribution in [0.3, 0.4) is 0 Å². The molecule has 1 aliphatic rings. The molecule has 1 aliphatic heterocycles. The third-order valence-electron chi connectivity index (χ3n) is 7.93. The molecule has 3 aromatic carbocycles. The molecule has 2 heterocycles. The third kappa shape index (κ3) is 6.43. The van der Waals surface area contributed by atoms with Crippen LogP contribution in [-0.4, -0.2) is 56.1 Å². The standard InChI is InChI=1S/C35H39N5O4/c1-23-28(12-9-13-30(23)40(35(2,3)4)33(43)24-10-7-6-8-11-24)29-22-38(5)34(44)31(37-29)36-26-16-14-25(15-17-26)32(42)39-20-18-27(41)19-21-39/h6-17,22,27,41H,18-21H2,1-5H3,(H,36,37). The zero-order chi connectivity index (χ0) is 31.6. The van der Waals surface area contributed by atoms with Crippen molar-refractivity contribution in [3.8, 4) is 11.3 Å². The quantitative estimate of drug-likeness (QED) is 0.304. The Morgan fingerprint density at radius 3 is 2.23 bits per heavy atom. The molecule has 1 saturated heterocycles. The Labute approximate surface area is 257 Å². The Balaban J connectivity index is 1.44. The van der Waals surface area contributed by atoms with Crippen molar-refractivity contribution in [3.63, 3.8) is 0 Å². The van der Waals surface area contributed by atoms with E-state index in [9.17, 15) is 19.5 Å². The van der Waals surface area contributed by atoms with Gasteiger partial charge in [0.2, 0.25) is 0 Å². The molecule has 0 unspecified atom stereocenters. The van der Waals surface area contributed by atoms with Gasteiger partial charge in [-0.15, -0.1) is 0 Å². The molecule has 228 valence electrons. The molecule has 0 radical (unpaired) electrons. The van der Waals surface area contributed by atoms with Crippen LogP contribution in [0.25, 0.3) is 11.3 Å². The van der Waals surface area contributed by atoms with E-state index >= 15 is 0 Å². The van der Waals surface area contributed by atoms with Gasteiger partial charge in [0.1, 0.15) is 0 Å². The van der Waals surface area contributed by atoms with Crippen molar-refractivity contribution in [2.45, 2.75) is 52.2 Å². The van der Waals surface area contributed by atoms with E-state index in [0.29, 0.717) is 48.4 Å². The molecule has 9 heteroatoms. The van der Waals surface area contributed by atoms with Crippen molar-refractivity contribution in [2.24, 2.45) is 7.05 Å². The Kier molecular flexibility index (Phi) is 8.69. The second kappa shape index (κ2) is 12.5. The zero-order valence-electron chi connectivity index (χ0n) is 25.9. The van der Waals surface area contributed by atoms with Gasteiger partial charge in [0.25, 0.3) is 17.4 Å². The smallest absolute Gasteiger partial charge is 0.293 e. The maximum Gasteiger partial charge on any atom is 0.293 e. The van der Waals surface area contributed by atoms with Gasteiger partial charge in [-0.2, -0.15) is 0 Å². The number of aliphatic hydroxyl groups excluding tert-OH is 1. The summed E-state index contributed by atoms with van der Waals surface area (Å²) >= 11 is 0. The van der Waals surface area contributed by atoms with Crippen LogP contribution in [0.1, 0.15) is 59.9 Å². The number of carbonyl (C=O) groups is 2. The summed E-state index contributed by atoms with van der Waals surface area (Å²) in [5.74, 6) is -0.0363. The summed E-state index contributed by atoms with van der Waals surface area (Å²) in [5, 5.41) is 12.9. The molecule has 9 nitrogen and oxygen atoms in total. The van der Waals surface area contributed by atoms with Crippen molar-refractivity contribution in [2.75, 3.05) is 23.3 Å². The van der Waals surface area contributed by atoms with Crippen LogP contribution in [0.4, 0.5) is 17.2 Å². The number of benzene rings is 3. The van der Waals surface area contributed by atoms with Gasteiger partial charge >= 0.3 is 0 Å². The first kappa shape index (κ1) is 30.7. The number of amides is 2. The average molecular weight is 594 g/mol. The maximum atomic E-state index is 13.7. The largest absolute Gasteiger partial charge is 0.393 e. The molecule has 1 fully saturated rings. The average Bonchev–Trinajstić information content (AvgIpc) is 3.00. The molecule has 0 saturated carbocycles. The van der Waals surface area contributed by atoms with Crippen LogP contribution in [-0.2, 0) is 7.05 Å². The zero-order valence-corrected chi connectivity index (χ0v) is 25.9. The van der Waals surface area contributed by atoms with Gasteiger partial charge < -0.3 is 24.8 Å². The van der Waals surface area contributed by atoms with Crippen LogP contribution in [0.2, 0.25) is 0 Å². The summed E-state index contributed by atoms with van der Waals surface area (Å²) in [6.45, 7) is 9.02. The summed E-state index contributed by atoms with van der Waals surface area (Å²) in [7, 11) is 1.68. The highest BCUT2D eigenvalue weighted by molar-refractivity contribution is 6.07. The number of nitrogens with zero attached hydrogens (tertiary/aromatic N) is 4. The van der Waals surface area contributed by atoms with Gasteiger partial charge in [-0.05, 0) is 88.6 Å². The fourth-order valence-corrected chi connectivity index (χ4v) is 5.53. The van der Waals surface area contributed by atoms with Crippen molar-refractivity contribution in [1.29, 1.82) is 0 Å². The topological polar surface area (TPSA) is 108 Å². The summed E-state index contributed by atoms with van der Waals surface area (Å²) < 4.78 is 1.48. The number of anilines is 3. The SMILES string of the molecule is Cc1c(-c2cn(C)c(=O)c(Nc3ccc(C(=O)N4CCC(O)CC4)cc3)n2)cccc1N(C(=O)c1ccccc1)C(C)(C)C. The summed E-state index contributed by atoms with van der Waals surface area (Å²) in [5.41, 5.74) is 3.94. The van der Waals surface area contributed by atoms with Crippen molar-refractivity contribution < 1.29 is 14.7 Å². The van der Waals surface area contributed by atoms with Crippen molar-refractivity contribution in [1.82, 2.24) is 14.5 Å². The van der Waals surface area contributed by atoms with E-state index in [1.54, 1.807) is 47.3 Å². The van der Waals surface area contributed by atoms with E-state index in [1.165, 1.54) is 4.57 Å². The molecule has 0 bridgehead atoms. The van der Waals surface area contributed by atoms with E-state index in [2.05, 4.69) is 5.32 Å². The van der Waals surface area contributed by atoms with Crippen LogP contribution in [0.5, 0.6) is 0 Å². The van der Waals surface area contributed by atoms with Crippen LogP contribution in [0, 0.1) is 6.92 Å². The van der Waals surface area contributed by atoms with Crippen molar-refractivity contribution >= 4 is 29.0 Å². The number of aromatic nitrogens is 2. The Morgan fingerprint density at radius 1 is 0.932 bits per heavy atom. The van der Waals surface area contributed by atoms with Gasteiger partial charge in [-0.25, -0.2) is 4.98 Å². The van der Waals surface area contributed by atoms with Gasteiger partial charge in [0.15, 0.2) is 5.82 Å². The second-order valence-electron chi connectivity index (χ2n) is 12.2. The first-order valence-corrected chi connectivity index (χ1v) is 14.9. The fourth-order valence-electron chi connectivity index (χ4n) is 5.53. The highest BCUT2D eigenvalue weighted by Gasteiger charge is 2.31. The lowest BCUT2D eigenvalue weighted by atomic mass is 9.97. The third-order valence-corrected chi connectivity index (χ3v) is 7.93. The van der Waals surface area contributed by atoms with E-state index in [0.717, 1.165) is 16.8 Å². The number of rotatable bonds is 6. The van der Waals surface area contributed by atoms with Crippen LogP contribution < -0.4 is 15.8 Å². The second-order valence-corrected chi connectivity index (χ2v) is 12.2. The number of hydrogen-bond acceptors (Lipinski definition) is 6. The molecule has 2 amide bonds. The molecular formula is C35H39N5O4. The number of nitrogens with one attached hydrogen (secondary N) is 1. The van der Waals surface area contributed by atoms with Crippen LogP contribution in [0.15, 0.2) is 83.8 Å². The molecule has 44 heavy (non-hydrogen) atoms. The minimum atomic E-state index is -0.511. The van der Waals surface area contributed by atoms with E-state index in [-0.39, 0.29) is 29.3 Å². The van der Waals surface area contributed by atoms with Gasteiger partial charge in [0.05, 0.1) is 11.8 Å². The number of likely N-dealkylation sites (tertiary alicyclic amines) is 1. The minimum Gasteiger partial charge on any atom is -0.393 e. The molecular weight excluding hydrogens is 554 g/mol. The molecule has 1 aromatic heterocycles. The van der Waals surface area contributed by atoms with E-state index < -0.39 is 5.54 Å². The molecule has 2 N–H and O–H groups in total. The van der Waals surface area contributed by atoms with Gasteiger partial charge in [-0.3, -0.25) is 14.4 Å². The summed E-state index contributed by atoms with van der Waals surface area (Å²) in [6.07, 6.45) is 2.50. The Hall–Kier alpha value is -4.76. The highest BCUT2D eigenvalue weighted by Crippen LogP contribution is 2.34. The van der Waals surface area contributed by atoms with Crippen molar-refractivity contribution in [3.05, 3.63) is 106 Å². The fraction of sp³-hybridized carbons (Fsp3) is 0.314. The number of aryl methyl sites for hydroxylation is 1. The summed E-state index contributed by atoms with van der Waals surface area (Å²) in [4.78, 5) is 48.0. The maximum absolute atomic E-state index is 13.7. The normalized spacial score (nSPS) is 13.9. The van der Waals surface area contributed by atoms with Gasteiger partial charge in [0, 0.05) is 59.9 Å². The predicted octanol–water partition coefficient (Wildman–Crippen LogP) is 5.54. The Bertz CT molecular complexity index is 1720. The lowest BCUT2D eigenvalue weighted by Gasteiger charge is -2.37. The predicted molar refractivity (Wildman–Crippen MR) is 174 cm³/mol. The monoisotopic (exact) mass is 593 g/mol. The number of carbonyl (C=O) groups excluding carboxylic acids is 2.